The fraction of sp³-hybridized carbons (Fsp3) is 0.667. The van der Waals surface area contributed by atoms with E-state index in [2.05, 4.69) is 10.2 Å². The first kappa shape index (κ1) is 17.8. The van der Waals surface area contributed by atoms with E-state index in [4.69, 9.17) is 25.8 Å². The third-order valence-corrected chi connectivity index (χ3v) is 4.79. The molecule has 1 saturated carbocycles. The van der Waals surface area contributed by atoms with Crippen LogP contribution in [0.4, 0.5) is 0 Å². The van der Waals surface area contributed by atoms with Crippen molar-refractivity contribution in [3.05, 3.63) is 22.7 Å². The Hall–Kier alpha value is -1.01. The zero-order chi connectivity index (χ0) is 16.9. The monoisotopic (exact) mass is 354 g/mol. The summed E-state index contributed by atoms with van der Waals surface area (Å²) in [7, 11) is 1.60. The van der Waals surface area contributed by atoms with Gasteiger partial charge in [-0.3, -0.25) is 4.90 Å². The molecular weight excluding hydrogens is 328 g/mol. The Bertz CT molecular complexity index is 551. The fourth-order valence-electron chi connectivity index (χ4n) is 3.20. The smallest absolute Gasteiger partial charge is 0.179 e. The molecule has 134 valence electrons. The summed E-state index contributed by atoms with van der Waals surface area (Å²) in [5, 5.41) is 4.06. The number of hydrogen-bond acceptors (Lipinski definition) is 5. The van der Waals surface area contributed by atoms with Crippen molar-refractivity contribution in [2.75, 3.05) is 40.0 Å². The first-order valence-electron chi connectivity index (χ1n) is 8.76. The van der Waals surface area contributed by atoms with Gasteiger partial charge in [0, 0.05) is 32.2 Å². The van der Waals surface area contributed by atoms with Crippen LogP contribution in [0.3, 0.4) is 0 Å². The van der Waals surface area contributed by atoms with Crippen molar-refractivity contribution in [3.8, 4) is 11.5 Å². The zero-order valence-electron chi connectivity index (χ0n) is 14.5. The molecule has 2 fully saturated rings. The van der Waals surface area contributed by atoms with Gasteiger partial charge in [-0.1, -0.05) is 11.6 Å². The highest BCUT2D eigenvalue weighted by molar-refractivity contribution is 6.32. The first-order valence-corrected chi connectivity index (χ1v) is 9.14. The average molecular weight is 355 g/mol. The largest absolute Gasteiger partial charge is 0.491 e. The van der Waals surface area contributed by atoms with Crippen molar-refractivity contribution in [1.82, 2.24) is 10.2 Å². The van der Waals surface area contributed by atoms with E-state index in [0.29, 0.717) is 23.1 Å². The molecule has 6 heteroatoms. The third-order valence-electron chi connectivity index (χ3n) is 4.51. The van der Waals surface area contributed by atoms with Crippen LogP contribution in [-0.2, 0) is 11.3 Å². The highest BCUT2D eigenvalue weighted by Gasteiger charge is 2.32. The van der Waals surface area contributed by atoms with Gasteiger partial charge in [0.25, 0.3) is 0 Å². The minimum atomic E-state index is 0.263. The first-order chi connectivity index (χ1) is 11.7. The molecule has 1 aliphatic carbocycles. The van der Waals surface area contributed by atoms with Crippen LogP contribution in [0.25, 0.3) is 0 Å². The summed E-state index contributed by atoms with van der Waals surface area (Å²) >= 11 is 6.29. The van der Waals surface area contributed by atoms with Gasteiger partial charge < -0.3 is 19.5 Å². The molecule has 1 saturated heterocycles. The highest BCUT2D eigenvalue weighted by atomic mass is 35.5. The zero-order valence-corrected chi connectivity index (χ0v) is 15.3. The van der Waals surface area contributed by atoms with Crippen molar-refractivity contribution in [2.45, 2.75) is 38.5 Å². The summed E-state index contributed by atoms with van der Waals surface area (Å²) in [4.78, 5) is 2.56. The molecule has 0 spiro atoms. The number of methoxy groups -OCH3 is 1. The summed E-state index contributed by atoms with van der Waals surface area (Å²) in [6, 6.07) is 4.72. The van der Waals surface area contributed by atoms with Crippen molar-refractivity contribution < 1.29 is 14.2 Å². The lowest BCUT2D eigenvalue weighted by atomic mass is 10.2. The van der Waals surface area contributed by atoms with E-state index in [1.165, 1.54) is 12.8 Å². The Morgan fingerprint density at radius 1 is 1.38 bits per heavy atom. The normalized spacial score (nSPS) is 21.7. The van der Waals surface area contributed by atoms with Crippen LogP contribution in [0.5, 0.6) is 11.5 Å². The summed E-state index contributed by atoms with van der Waals surface area (Å²) < 4.78 is 16.8. The standard InChI is InChI=1S/C18H27ClN2O3/c1-3-23-17-9-13(8-16(19)18(17)22-2)10-20-11-15-12-21(6-7-24-15)14-4-5-14/h8-9,14-15,20H,3-7,10-12H2,1-2H3. The van der Waals surface area contributed by atoms with E-state index in [-0.39, 0.29) is 6.10 Å². The number of nitrogens with one attached hydrogen (secondary N) is 1. The van der Waals surface area contributed by atoms with Crippen molar-refractivity contribution in [3.63, 3.8) is 0 Å². The molecule has 2 aliphatic rings. The summed E-state index contributed by atoms with van der Waals surface area (Å²) in [5.41, 5.74) is 1.08. The molecule has 1 aliphatic heterocycles. The quantitative estimate of drug-likeness (QED) is 0.777. The lowest BCUT2D eigenvalue weighted by molar-refractivity contribution is -0.0301. The number of halogens is 1. The van der Waals surface area contributed by atoms with Gasteiger partial charge in [-0.2, -0.15) is 0 Å². The number of rotatable bonds is 8. The van der Waals surface area contributed by atoms with Crippen LogP contribution >= 0.6 is 11.6 Å². The average Bonchev–Trinajstić information content (AvgIpc) is 3.40. The summed E-state index contributed by atoms with van der Waals surface area (Å²) in [6.07, 6.45) is 2.97. The van der Waals surface area contributed by atoms with Crippen LogP contribution in [0.15, 0.2) is 12.1 Å². The van der Waals surface area contributed by atoms with E-state index in [1.54, 1.807) is 7.11 Å². The van der Waals surface area contributed by atoms with E-state index in [9.17, 15) is 0 Å². The lowest BCUT2D eigenvalue weighted by Crippen LogP contribution is -2.47. The van der Waals surface area contributed by atoms with Gasteiger partial charge in [-0.05, 0) is 37.5 Å². The molecule has 3 rings (SSSR count). The minimum Gasteiger partial charge on any atom is -0.491 e. The molecule has 1 aromatic rings. The van der Waals surface area contributed by atoms with Crippen LogP contribution in [-0.4, -0.2) is 57.0 Å². The van der Waals surface area contributed by atoms with Crippen LogP contribution < -0.4 is 14.8 Å². The molecule has 24 heavy (non-hydrogen) atoms. The molecule has 1 unspecified atom stereocenters. The van der Waals surface area contributed by atoms with E-state index in [1.807, 2.05) is 19.1 Å². The van der Waals surface area contributed by atoms with Gasteiger partial charge in [0.1, 0.15) is 0 Å². The predicted molar refractivity (Wildman–Crippen MR) is 95.2 cm³/mol. The third kappa shape index (κ3) is 4.54. The lowest BCUT2D eigenvalue weighted by Gasteiger charge is -2.33. The van der Waals surface area contributed by atoms with Gasteiger partial charge in [0.05, 0.1) is 31.5 Å². The summed E-state index contributed by atoms with van der Waals surface area (Å²) in [6.45, 7) is 7.05. The Balaban J connectivity index is 1.52. The van der Waals surface area contributed by atoms with Crippen molar-refractivity contribution in [1.29, 1.82) is 0 Å². The Morgan fingerprint density at radius 2 is 2.21 bits per heavy atom. The molecular formula is C18H27ClN2O3. The highest BCUT2D eigenvalue weighted by Crippen LogP contribution is 2.36. The second-order valence-electron chi connectivity index (χ2n) is 6.39. The molecule has 0 bridgehead atoms. The molecule has 5 nitrogen and oxygen atoms in total. The topological polar surface area (TPSA) is 43.0 Å². The number of hydrogen-bond donors (Lipinski definition) is 1. The Morgan fingerprint density at radius 3 is 2.92 bits per heavy atom. The van der Waals surface area contributed by atoms with Gasteiger partial charge in [-0.15, -0.1) is 0 Å². The molecule has 1 N–H and O–H groups in total. The molecule has 1 heterocycles. The predicted octanol–water partition coefficient (Wildman–Crippen LogP) is 2.70. The minimum absolute atomic E-state index is 0.263. The maximum Gasteiger partial charge on any atom is 0.179 e. The maximum absolute atomic E-state index is 6.29. The van der Waals surface area contributed by atoms with Crippen LogP contribution in [0.1, 0.15) is 25.3 Å². The number of ether oxygens (including phenoxy) is 3. The van der Waals surface area contributed by atoms with Gasteiger partial charge in [0.15, 0.2) is 11.5 Å². The fourth-order valence-corrected chi connectivity index (χ4v) is 3.51. The van der Waals surface area contributed by atoms with E-state index < -0.39 is 0 Å². The molecule has 1 aromatic carbocycles. The van der Waals surface area contributed by atoms with Gasteiger partial charge >= 0.3 is 0 Å². The Labute approximate surface area is 149 Å². The molecule has 0 aromatic heterocycles. The van der Waals surface area contributed by atoms with Gasteiger partial charge in [0.2, 0.25) is 0 Å². The second kappa shape index (κ2) is 8.39. The van der Waals surface area contributed by atoms with E-state index in [0.717, 1.165) is 44.4 Å². The second-order valence-corrected chi connectivity index (χ2v) is 6.80. The molecule has 0 amide bonds. The van der Waals surface area contributed by atoms with Gasteiger partial charge in [-0.25, -0.2) is 0 Å². The molecule has 0 radical (unpaired) electrons. The van der Waals surface area contributed by atoms with Crippen molar-refractivity contribution >= 4 is 11.6 Å². The maximum atomic E-state index is 6.29. The number of benzene rings is 1. The Kier molecular flexibility index (Phi) is 6.22. The number of morpholine rings is 1. The van der Waals surface area contributed by atoms with Crippen molar-refractivity contribution in [2.24, 2.45) is 0 Å². The summed E-state index contributed by atoms with van der Waals surface area (Å²) in [5.74, 6) is 1.29. The van der Waals surface area contributed by atoms with Crippen LogP contribution in [0.2, 0.25) is 5.02 Å². The SMILES string of the molecule is CCOc1cc(CNCC2CN(C3CC3)CCO2)cc(Cl)c1OC. The van der Waals surface area contributed by atoms with E-state index >= 15 is 0 Å². The molecule has 1 atom stereocenters. The number of nitrogens with zero attached hydrogens (tertiary/aromatic N) is 1. The van der Waals surface area contributed by atoms with Crippen LogP contribution in [0, 0.1) is 0 Å².